The Morgan fingerprint density at radius 2 is 1.80 bits per heavy atom. The third kappa shape index (κ3) is 3.55. The highest BCUT2D eigenvalue weighted by Gasteiger charge is 2.20. The standard InChI is InChI=1S/C12H16N2O5S/c1-6-4-9(12(16)19-8(3)11(13)15)5-10(7(6)2)20(14,17)18/h4-5,8H,1-3H3,(H2,13,15)(H2,14,17,18)/t8-/m0/s1. The number of hydrogen-bond donors (Lipinski definition) is 2. The molecule has 4 N–H and O–H groups in total. The van der Waals surface area contributed by atoms with Crippen molar-refractivity contribution >= 4 is 21.9 Å². The van der Waals surface area contributed by atoms with E-state index in [2.05, 4.69) is 0 Å². The van der Waals surface area contributed by atoms with Gasteiger partial charge in [0.25, 0.3) is 5.91 Å². The largest absolute Gasteiger partial charge is 0.449 e. The molecule has 0 aromatic heterocycles. The van der Waals surface area contributed by atoms with Gasteiger partial charge in [-0.3, -0.25) is 4.79 Å². The van der Waals surface area contributed by atoms with E-state index in [1.807, 2.05) is 0 Å². The third-order valence-electron chi connectivity index (χ3n) is 2.85. The van der Waals surface area contributed by atoms with E-state index in [0.717, 1.165) is 6.07 Å². The Hall–Kier alpha value is -1.93. The normalized spacial score (nSPS) is 12.8. The van der Waals surface area contributed by atoms with Gasteiger partial charge in [-0.1, -0.05) is 0 Å². The van der Waals surface area contributed by atoms with Crippen LogP contribution in [0.1, 0.15) is 28.4 Å². The number of carbonyl (C=O) groups excluding carboxylic acids is 2. The average Bonchev–Trinajstić information content (AvgIpc) is 2.30. The van der Waals surface area contributed by atoms with Gasteiger partial charge in [-0.05, 0) is 44.0 Å². The summed E-state index contributed by atoms with van der Waals surface area (Å²) in [7, 11) is -3.96. The second-order valence-electron chi connectivity index (χ2n) is 4.41. The molecule has 20 heavy (non-hydrogen) atoms. The van der Waals surface area contributed by atoms with Gasteiger partial charge in [0.05, 0.1) is 10.5 Å². The van der Waals surface area contributed by atoms with Gasteiger partial charge in [-0.2, -0.15) is 0 Å². The number of primary amides is 1. The predicted octanol–water partition coefficient (Wildman–Crippen LogP) is -0.0186. The summed E-state index contributed by atoms with van der Waals surface area (Å²) in [4.78, 5) is 22.5. The summed E-state index contributed by atoms with van der Waals surface area (Å²) in [6.07, 6.45) is -1.11. The van der Waals surface area contributed by atoms with Crippen molar-refractivity contribution in [1.82, 2.24) is 0 Å². The zero-order valence-electron chi connectivity index (χ0n) is 11.3. The molecule has 0 bridgehead atoms. The Morgan fingerprint density at radius 1 is 1.25 bits per heavy atom. The number of esters is 1. The Bertz CT molecular complexity index is 667. The fourth-order valence-electron chi connectivity index (χ4n) is 1.53. The van der Waals surface area contributed by atoms with Crippen molar-refractivity contribution in [2.24, 2.45) is 10.9 Å². The first-order chi connectivity index (χ1) is 9.04. The summed E-state index contributed by atoms with van der Waals surface area (Å²) in [5.74, 6) is -1.64. The first kappa shape index (κ1) is 16.1. The molecule has 0 unspecified atom stereocenters. The van der Waals surface area contributed by atoms with Crippen molar-refractivity contribution in [2.45, 2.75) is 31.8 Å². The topological polar surface area (TPSA) is 130 Å². The molecule has 110 valence electrons. The molecule has 0 aliphatic rings. The lowest BCUT2D eigenvalue weighted by atomic mass is 10.1. The third-order valence-corrected chi connectivity index (χ3v) is 3.88. The quantitative estimate of drug-likeness (QED) is 0.755. The van der Waals surface area contributed by atoms with E-state index in [9.17, 15) is 18.0 Å². The molecule has 0 saturated heterocycles. The minimum absolute atomic E-state index is 0.00905. The number of rotatable bonds is 4. The van der Waals surface area contributed by atoms with Gasteiger partial charge in [0.1, 0.15) is 0 Å². The van der Waals surface area contributed by atoms with Gasteiger partial charge < -0.3 is 10.5 Å². The summed E-state index contributed by atoms with van der Waals surface area (Å²) in [5, 5.41) is 5.09. The van der Waals surface area contributed by atoms with Crippen LogP contribution in [-0.2, 0) is 19.6 Å². The average molecular weight is 300 g/mol. The number of aryl methyl sites for hydroxylation is 1. The molecule has 1 amide bonds. The van der Waals surface area contributed by atoms with Gasteiger partial charge in [-0.15, -0.1) is 0 Å². The molecule has 1 atom stereocenters. The van der Waals surface area contributed by atoms with Crippen molar-refractivity contribution in [1.29, 1.82) is 0 Å². The molecule has 0 heterocycles. The zero-order chi connectivity index (χ0) is 15.7. The number of amides is 1. The molecule has 0 radical (unpaired) electrons. The first-order valence-electron chi connectivity index (χ1n) is 5.68. The maximum atomic E-state index is 11.8. The Morgan fingerprint density at radius 3 is 2.25 bits per heavy atom. The van der Waals surface area contributed by atoms with Gasteiger partial charge in [0, 0.05) is 0 Å². The number of carbonyl (C=O) groups is 2. The predicted molar refractivity (Wildman–Crippen MR) is 71.4 cm³/mol. The summed E-state index contributed by atoms with van der Waals surface area (Å²) in [5.41, 5.74) is 5.99. The minimum atomic E-state index is -3.96. The highest BCUT2D eigenvalue weighted by Crippen LogP contribution is 2.20. The van der Waals surface area contributed by atoms with E-state index in [0.29, 0.717) is 11.1 Å². The van der Waals surface area contributed by atoms with Crippen LogP contribution in [0.15, 0.2) is 17.0 Å². The first-order valence-corrected chi connectivity index (χ1v) is 7.23. The number of ether oxygens (including phenoxy) is 1. The number of hydrogen-bond acceptors (Lipinski definition) is 5. The minimum Gasteiger partial charge on any atom is -0.449 e. The molecular weight excluding hydrogens is 284 g/mol. The van der Waals surface area contributed by atoms with Crippen LogP contribution in [0.5, 0.6) is 0 Å². The number of benzene rings is 1. The highest BCUT2D eigenvalue weighted by molar-refractivity contribution is 7.89. The maximum Gasteiger partial charge on any atom is 0.338 e. The van der Waals surface area contributed by atoms with Crippen LogP contribution < -0.4 is 10.9 Å². The fourth-order valence-corrected chi connectivity index (χ4v) is 2.41. The van der Waals surface area contributed by atoms with Crippen molar-refractivity contribution in [3.8, 4) is 0 Å². The van der Waals surface area contributed by atoms with E-state index in [-0.39, 0.29) is 10.5 Å². The highest BCUT2D eigenvalue weighted by atomic mass is 32.2. The van der Waals surface area contributed by atoms with Crippen molar-refractivity contribution in [3.63, 3.8) is 0 Å². The van der Waals surface area contributed by atoms with E-state index in [1.54, 1.807) is 13.8 Å². The molecule has 1 aromatic rings. The number of nitrogens with two attached hydrogens (primary N) is 2. The molecule has 0 fully saturated rings. The molecule has 8 heteroatoms. The number of primary sulfonamides is 1. The molecule has 0 saturated carbocycles. The Kier molecular flexibility index (Phi) is 4.51. The summed E-state index contributed by atoms with van der Waals surface area (Å²) < 4.78 is 27.7. The smallest absolute Gasteiger partial charge is 0.338 e. The lowest BCUT2D eigenvalue weighted by Crippen LogP contribution is -2.30. The van der Waals surface area contributed by atoms with Crippen LogP contribution in [0.3, 0.4) is 0 Å². The van der Waals surface area contributed by atoms with E-state index >= 15 is 0 Å². The van der Waals surface area contributed by atoms with Crippen LogP contribution in [0.4, 0.5) is 0 Å². The molecule has 7 nitrogen and oxygen atoms in total. The SMILES string of the molecule is Cc1cc(C(=O)O[C@@H](C)C(N)=O)cc(S(N)(=O)=O)c1C. The second kappa shape index (κ2) is 5.59. The van der Waals surface area contributed by atoms with E-state index < -0.39 is 28.0 Å². The van der Waals surface area contributed by atoms with Gasteiger partial charge in [0.15, 0.2) is 6.10 Å². The van der Waals surface area contributed by atoms with Crippen LogP contribution in [0.25, 0.3) is 0 Å². The van der Waals surface area contributed by atoms with Crippen molar-refractivity contribution in [2.75, 3.05) is 0 Å². The molecule has 0 aliphatic heterocycles. The van der Waals surface area contributed by atoms with Crippen LogP contribution in [0, 0.1) is 13.8 Å². The lowest BCUT2D eigenvalue weighted by molar-refractivity contribution is -0.125. The summed E-state index contributed by atoms with van der Waals surface area (Å²) in [6.45, 7) is 4.54. The van der Waals surface area contributed by atoms with Gasteiger partial charge in [0.2, 0.25) is 10.0 Å². The molecule has 1 rings (SSSR count). The van der Waals surface area contributed by atoms with Gasteiger partial charge >= 0.3 is 5.97 Å². The Balaban J connectivity index is 3.25. The van der Waals surface area contributed by atoms with E-state index in [4.69, 9.17) is 15.6 Å². The number of sulfonamides is 1. The molecule has 0 spiro atoms. The van der Waals surface area contributed by atoms with Crippen LogP contribution in [0.2, 0.25) is 0 Å². The summed E-state index contributed by atoms with van der Waals surface area (Å²) in [6, 6.07) is 2.58. The lowest BCUT2D eigenvalue weighted by Gasteiger charge is -2.12. The zero-order valence-corrected chi connectivity index (χ0v) is 12.2. The van der Waals surface area contributed by atoms with Gasteiger partial charge in [-0.25, -0.2) is 18.4 Å². The molecule has 1 aromatic carbocycles. The maximum absolute atomic E-state index is 11.8. The monoisotopic (exact) mass is 300 g/mol. The van der Waals surface area contributed by atoms with Crippen LogP contribution >= 0.6 is 0 Å². The second-order valence-corrected chi connectivity index (χ2v) is 5.94. The van der Waals surface area contributed by atoms with Crippen molar-refractivity contribution in [3.05, 3.63) is 28.8 Å². The van der Waals surface area contributed by atoms with Crippen LogP contribution in [-0.4, -0.2) is 26.4 Å². The van der Waals surface area contributed by atoms with E-state index in [1.165, 1.54) is 13.0 Å². The molecular formula is C12H16N2O5S. The molecule has 0 aliphatic carbocycles. The summed E-state index contributed by atoms with van der Waals surface area (Å²) >= 11 is 0. The fraction of sp³-hybridized carbons (Fsp3) is 0.333. The van der Waals surface area contributed by atoms with Crippen molar-refractivity contribution < 1.29 is 22.7 Å². The Labute approximate surface area is 116 Å².